The highest BCUT2D eigenvalue weighted by molar-refractivity contribution is 6.10. The second-order valence-corrected chi connectivity index (χ2v) is 16.2. The fourth-order valence-electron chi connectivity index (χ4n) is 9.53. The zero-order valence-electron chi connectivity index (χ0n) is 33.5. The van der Waals surface area contributed by atoms with Gasteiger partial charge in [-0.2, -0.15) is 0 Å². The third-order valence-corrected chi connectivity index (χ3v) is 12.6. The maximum absolute atomic E-state index is 2.45. The minimum Gasteiger partial charge on any atom is -0.310 e. The molecule has 2 heterocycles. The number of anilines is 3. The predicted molar refractivity (Wildman–Crippen MR) is 258 cm³/mol. The molecule has 0 bridgehead atoms. The van der Waals surface area contributed by atoms with Gasteiger partial charge in [0.05, 0.1) is 11.0 Å². The first-order valence-electron chi connectivity index (χ1n) is 21.1. The van der Waals surface area contributed by atoms with Crippen LogP contribution < -0.4 is 4.90 Å². The summed E-state index contributed by atoms with van der Waals surface area (Å²) in [6.45, 7) is 0. The molecule has 10 aromatic carbocycles. The van der Waals surface area contributed by atoms with E-state index in [-0.39, 0.29) is 0 Å². The van der Waals surface area contributed by atoms with Crippen LogP contribution in [0.15, 0.2) is 231 Å². The van der Waals surface area contributed by atoms with Crippen molar-refractivity contribution in [2.75, 3.05) is 4.90 Å². The number of aromatic nitrogens is 1. The summed E-state index contributed by atoms with van der Waals surface area (Å²) in [7, 11) is 0. The van der Waals surface area contributed by atoms with Crippen LogP contribution in [0.25, 0.3) is 82.8 Å². The first kappa shape index (κ1) is 35.0. The second kappa shape index (κ2) is 14.4. The van der Waals surface area contributed by atoms with Gasteiger partial charge in [-0.3, -0.25) is 0 Å². The molecule has 0 atom stereocenters. The van der Waals surface area contributed by atoms with E-state index in [4.69, 9.17) is 0 Å². The third kappa shape index (κ3) is 6.12. The van der Waals surface area contributed by atoms with E-state index < -0.39 is 0 Å². The monoisotopic (exact) mass is 776 g/mol. The van der Waals surface area contributed by atoms with E-state index >= 15 is 0 Å². The summed E-state index contributed by atoms with van der Waals surface area (Å²) in [5.74, 6) is 0. The molecule has 2 nitrogen and oxygen atoms in total. The van der Waals surface area contributed by atoms with Gasteiger partial charge in [-0.15, -0.1) is 0 Å². The smallest absolute Gasteiger partial charge is 0.0541 e. The van der Waals surface area contributed by atoms with Crippen LogP contribution in [0.3, 0.4) is 0 Å². The predicted octanol–water partition coefficient (Wildman–Crippen LogP) is 16.0. The molecule has 0 N–H and O–H groups in total. The Bertz CT molecular complexity index is 3420. The maximum atomic E-state index is 2.45. The molecule has 12 rings (SSSR count). The lowest BCUT2D eigenvalue weighted by Crippen LogP contribution is -2.18. The van der Waals surface area contributed by atoms with Crippen LogP contribution in [-0.2, 0) is 6.42 Å². The van der Waals surface area contributed by atoms with Gasteiger partial charge in [-0.05, 0) is 139 Å². The van der Waals surface area contributed by atoms with Crippen molar-refractivity contribution in [1.29, 1.82) is 0 Å². The van der Waals surface area contributed by atoms with Crippen LogP contribution in [0, 0.1) is 0 Å². The van der Waals surface area contributed by atoms with Crippen molar-refractivity contribution >= 4 is 49.6 Å². The summed E-state index contributed by atoms with van der Waals surface area (Å²) in [5.41, 5.74) is 19.6. The molecule has 0 saturated carbocycles. The molecule has 0 amide bonds. The van der Waals surface area contributed by atoms with E-state index in [2.05, 4.69) is 240 Å². The van der Waals surface area contributed by atoms with Gasteiger partial charge >= 0.3 is 0 Å². The van der Waals surface area contributed by atoms with Gasteiger partial charge in [0.2, 0.25) is 0 Å². The van der Waals surface area contributed by atoms with Gasteiger partial charge in [0.1, 0.15) is 0 Å². The summed E-state index contributed by atoms with van der Waals surface area (Å²) in [6, 6.07) is 84.5. The molecular weight excluding hydrogens is 737 g/mol. The lowest BCUT2D eigenvalue weighted by molar-refractivity contribution is 1.09. The largest absolute Gasteiger partial charge is 0.310 e. The van der Waals surface area contributed by atoms with Crippen molar-refractivity contribution in [2.45, 2.75) is 6.42 Å². The summed E-state index contributed by atoms with van der Waals surface area (Å²) >= 11 is 0. The number of benzene rings is 10. The molecule has 2 heteroatoms. The molecule has 1 aromatic heterocycles. The zero-order chi connectivity index (χ0) is 40.3. The zero-order valence-corrected chi connectivity index (χ0v) is 33.5. The van der Waals surface area contributed by atoms with Gasteiger partial charge < -0.3 is 9.47 Å². The van der Waals surface area contributed by atoms with Crippen LogP contribution in [0.5, 0.6) is 0 Å². The van der Waals surface area contributed by atoms with Crippen molar-refractivity contribution in [2.24, 2.45) is 0 Å². The molecule has 0 radical (unpaired) electrons. The van der Waals surface area contributed by atoms with Crippen LogP contribution in [0.4, 0.5) is 17.1 Å². The number of para-hydroxylation sites is 1. The first-order valence-corrected chi connectivity index (χ1v) is 21.1. The molecule has 0 saturated heterocycles. The van der Waals surface area contributed by atoms with Crippen molar-refractivity contribution in [3.8, 4) is 50.2 Å². The molecule has 0 spiro atoms. The minimum absolute atomic E-state index is 0.850. The number of hydrogen-bond acceptors (Lipinski definition) is 1. The molecule has 1 aliphatic heterocycles. The fourth-order valence-corrected chi connectivity index (χ4v) is 9.53. The summed E-state index contributed by atoms with van der Waals surface area (Å²) in [6.07, 6.45) is 0.850. The Kier molecular flexibility index (Phi) is 8.28. The second-order valence-electron chi connectivity index (χ2n) is 16.2. The third-order valence-electron chi connectivity index (χ3n) is 12.6. The summed E-state index contributed by atoms with van der Waals surface area (Å²) < 4.78 is 2.40. The average molecular weight is 777 g/mol. The van der Waals surface area contributed by atoms with Gasteiger partial charge in [0, 0.05) is 39.9 Å². The highest BCUT2D eigenvalue weighted by Gasteiger charge is 2.25. The van der Waals surface area contributed by atoms with Gasteiger partial charge in [-0.25, -0.2) is 0 Å². The Morgan fingerprint density at radius 3 is 1.44 bits per heavy atom. The topological polar surface area (TPSA) is 8.17 Å². The fraction of sp³-hybridized carbons (Fsp3) is 0.0169. The lowest BCUT2D eigenvalue weighted by Gasteiger charge is -2.34. The number of hydrogen-bond donors (Lipinski definition) is 0. The van der Waals surface area contributed by atoms with Crippen LogP contribution >= 0.6 is 0 Å². The first-order chi connectivity index (χ1) is 30.2. The van der Waals surface area contributed by atoms with E-state index in [9.17, 15) is 0 Å². The van der Waals surface area contributed by atoms with E-state index in [0.29, 0.717) is 0 Å². The van der Waals surface area contributed by atoms with Gasteiger partial charge in [0.25, 0.3) is 0 Å². The molecule has 11 aromatic rings. The highest BCUT2D eigenvalue weighted by atomic mass is 15.2. The van der Waals surface area contributed by atoms with Crippen LogP contribution in [0.2, 0.25) is 0 Å². The SMILES string of the molecule is c1ccc(-c2ccc(N3c4ccc(-c5ccc(-n6c7ccccc7c7cc(-c8ccccc8)ccc76)cc5)cc4Cc4cc(-c5ccc6ccccc6c5)ccc43)cc2)cc1. The molecule has 0 unspecified atom stereocenters. The Morgan fingerprint density at radius 1 is 0.279 bits per heavy atom. The molecular formula is C59H40N2. The molecule has 0 fully saturated rings. The quantitative estimate of drug-likeness (QED) is 0.163. The Balaban J connectivity index is 0.929. The maximum Gasteiger partial charge on any atom is 0.0541 e. The van der Waals surface area contributed by atoms with Crippen molar-refractivity contribution in [1.82, 2.24) is 4.57 Å². The molecule has 1 aliphatic rings. The van der Waals surface area contributed by atoms with E-state index in [0.717, 1.165) is 17.8 Å². The molecule has 61 heavy (non-hydrogen) atoms. The van der Waals surface area contributed by atoms with Crippen molar-refractivity contribution < 1.29 is 0 Å². The Labute approximate surface area is 355 Å². The van der Waals surface area contributed by atoms with Crippen molar-refractivity contribution in [3.05, 3.63) is 242 Å². The normalized spacial score (nSPS) is 12.2. The summed E-state index contributed by atoms with van der Waals surface area (Å²) in [5, 5.41) is 5.04. The molecule has 286 valence electrons. The Morgan fingerprint density at radius 2 is 0.738 bits per heavy atom. The van der Waals surface area contributed by atoms with Crippen LogP contribution in [0.1, 0.15) is 11.1 Å². The highest BCUT2D eigenvalue weighted by Crippen LogP contribution is 2.47. The minimum atomic E-state index is 0.850. The Hall–Kier alpha value is -7.94. The lowest BCUT2D eigenvalue weighted by atomic mass is 9.89. The standard InChI is InChI=1S/C59H40N2/c1-3-11-40(12-4-1)43-21-28-52(29-22-43)60-56-32-25-46(36-50(56)38-51-37-48(26-33-57(51)60)47-20-19-42-15-7-8-16-45(42)35-47)44-23-30-53(31-24-44)61-58-18-10-9-17-54(58)55-39-49(27-34-59(55)61)41-13-5-2-6-14-41/h1-37,39H,38H2. The number of fused-ring (bicyclic) bond motifs is 6. The van der Waals surface area contributed by atoms with Crippen LogP contribution in [-0.4, -0.2) is 4.57 Å². The number of rotatable bonds is 6. The number of nitrogens with zero attached hydrogens (tertiary/aromatic N) is 2. The van der Waals surface area contributed by atoms with Gasteiger partial charge in [0.15, 0.2) is 0 Å². The van der Waals surface area contributed by atoms with E-state index in [1.807, 2.05) is 0 Å². The average Bonchev–Trinajstić information content (AvgIpc) is 3.67. The van der Waals surface area contributed by atoms with Gasteiger partial charge in [-0.1, -0.05) is 158 Å². The van der Waals surface area contributed by atoms with E-state index in [1.165, 1.54) is 99.6 Å². The van der Waals surface area contributed by atoms with Crippen molar-refractivity contribution in [3.63, 3.8) is 0 Å². The molecule has 0 aliphatic carbocycles. The summed E-state index contributed by atoms with van der Waals surface area (Å²) in [4.78, 5) is 2.45. The van der Waals surface area contributed by atoms with E-state index in [1.54, 1.807) is 0 Å².